The third kappa shape index (κ3) is 2.93. The molecule has 0 saturated heterocycles. The monoisotopic (exact) mass is 302 g/mol. The summed E-state index contributed by atoms with van der Waals surface area (Å²) >= 11 is 0. The van der Waals surface area contributed by atoms with Crippen molar-refractivity contribution in [3.63, 3.8) is 0 Å². The van der Waals surface area contributed by atoms with Crippen LogP contribution in [-0.4, -0.2) is 24.5 Å². The van der Waals surface area contributed by atoms with Crippen molar-refractivity contribution in [2.45, 2.75) is 12.8 Å². The molecule has 0 bridgehead atoms. The number of ketones is 1. The maximum atomic E-state index is 13.6. The first-order valence-corrected chi connectivity index (χ1v) is 6.94. The summed E-state index contributed by atoms with van der Waals surface area (Å²) in [4.78, 5) is 12.1. The van der Waals surface area contributed by atoms with Crippen LogP contribution in [0.4, 0.5) is 8.78 Å². The largest absolute Gasteiger partial charge is 0.491 e. The lowest BCUT2D eigenvalue weighted by molar-refractivity contribution is 0.0989. The highest BCUT2D eigenvalue weighted by atomic mass is 19.1. The predicted octanol–water partition coefficient (Wildman–Crippen LogP) is 1.65. The van der Waals surface area contributed by atoms with E-state index < -0.39 is 24.5 Å². The molecule has 0 saturated carbocycles. The van der Waals surface area contributed by atoms with Gasteiger partial charge in [0.15, 0.2) is 5.78 Å². The van der Waals surface area contributed by atoms with Crippen LogP contribution in [0.2, 0.25) is 0 Å². The zero-order valence-electron chi connectivity index (χ0n) is 11.7. The average molecular weight is 302 g/mol. The number of rotatable bonds is 3. The van der Waals surface area contributed by atoms with Gasteiger partial charge in [-0.2, -0.15) is 0 Å². The van der Waals surface area contributed by atoms with Crippen LogP contribution in [0.5, 0.6) is 0 Å². The van der Waals surface area contributed by atoms with Crippen molar-refractivity contribution in [3.8, 4) is 0 Å². The Labute approximate surface area is 126 Å². The highest BCUT2D eigenvalue weighted by Crippen LogP contribution is 2.15. The molecular formula is C16H13BF2O3. The van der Waals surface area contributed by atoms with Crippen LogP contribution in [0.3, 0.4) is 0 Å². The van der Waals surface area contributed by atoms with Gasteiger partial charge in [0.1, 0.15) is 11.6 Å². The quantitative estimate of drug-likeness (QED) is 0.693. The maximum Gasteiger partial charge on any atom is 0.491 e. The van der Waals surface area contributed by atoms with Gasteiger partial charge in [-0.3, -0.25) is 4.79 Å². The van der Waals surface area contributed by atoms with Crippen molar-refractivity contribution in [2.75, 3.05) is 6.61 Å². The molecule has 0 amide bonds. The summed E-state index contributed by atoms with van der Waals surface area (Å²) in [5.41, 5.74) is 2.12. The lowest BCUT2D eigenvalue weighted by atomic mass is 9.73. The van der Waals surface area contributed by atoms with E-state index in [2.05, 4.69) is 0 Å². The summed E-state index contributed by atoms with van der Waals surface area (Å²) in [7, 11) is -0.999. The van der Waals surface area contributed by atoms with E-state index in [9.17, 15) is 18.6 Å². The molecular weight excluding hydrogens is 289 g/mol. The Morgan fingerprint density at radius 3 is 2.82 bits per heavy atom. The van der Waals surface area contributed by atoms with Crippen molar-refractivity contribution >= 4 is 18.4 Å². The molecule has 2 aromatic carbocycles. The first-order valence-electron chi connectivity index (χ1n) is 6.94. The number of Topliss-reactive ketones (excluding diaryl/α,β-unsaturated/α-hetero) is 1. The van der Waals surface area contributed by atoms with E-state index in [1.165, 1.54) is 0 Å². The van der Waals surface area contributed by atoms with Gasteiger partial charge in [0.2, 0.25) is 0 Å². The molecule has 22 heavy (non-hydrogen) atoms. The Morgan fingerprint density at radius 2 is 2.05 bits per heavy atom. The summed E-state index contributed by atoms with van der Waals surface area (Å²) in [6.07, 6.45) is 0.676. The minimum Gasteiger partial charge on any atom is -0.423 e. The van der Waals surface area contributed by atoms with Gasteiger partial charge < -0.3 is 9.68 Å². The number of hydrogen-bond acceptors (Lipinski definition) is 3. The molecule has 2 aromatic rings. The van der Waals surface area contributed by atoms with Gasteiger partial charge in [-0.1, -0.05) is 18.2 Å². The third-order valence-electron chi connectivity index (χ3n) is 3.72. The fourth-order valence-electron chi connectivity index (χ4n) is 2.58. The number of carbonyl (C=O) groups is 1. The lowest BCUT2D eigenvalue weighted by Crippen LogP contribution is -2.41. The van der Waals surface area contributed by atoms with Crippen molar-refractivity contribution in [1.82, 2.24) is 0 Å². The molecule has 1 aliphatic heterocycles. The molecule has 0 atom stereocenters. The Balaban J connectivity index is 1.84. The van der Waals surface area contributed by atoms with Gasteiger partial charge in [-0.25, -0.2) is 8.78 Å². The molecule has 0 aromatic heterocycles. The van der Waals surface area contributed by atoms with Crippen LogP contribution in [0, 0.1) is 11.6 Å². The minimum atomic E-state index is -0.999. The molecule has 3 rings (SSSR count). The van der Waals surface area contributed by atoms with Crippen LogP contribution in [0.1, 0.15) is 21.5 Å². The predicted molar refractivity (Wildman–Crippen MR) is 78.1 cm³/mol. The zero-order chi connectivity index (χ0) is 15.7. The summed E-state index contributed by atoms with van der Waals surface area (Å²) in [6.45, 7) is 0.452. The molecule has 0 spiro atoms. The lowest BCUT2D eigenvalue weighted by Gasteiger charge is -2.19. The summed E-state index contributed by atoms with van der Waals surface area (Å²) in [5, 5.41) is 9.80. The van der Waals surface area contributed by atoms with Crippen LogP contribution < -0.4 is 5.46 Å². The Morgan fingerprint density at radius 1 is 1.23 bits per heavy atom. The second-order valence-electron chi connectivity index (χ2n) is 5.23. The van der Waals surface area contributed by atoms with Gasteiger partial charge in [-0.05, 0) is 35.1 Å². The van der Waals surface area contributed by atoms with E-state index in [-0.39, 0.29) is 12.0 Å². The molecule has 0 unspecified atom stereocenters. The van der Waals surface area contributed by atoms with Crippen molar-refractivity contribution in [2.24, 2.45) is 0 Å². The second kappa shape index (κ2) is 5.98. The van der Waals surface area contributed by atoms with Gasteiger partial charge in [-0.15, -0.1) is 0 Å². The molecule has 6 heteroatoms. The van der Waals surface area contributed by atoms with E-state index in [0.717, 1.165) is 17.7 Å². The molecule has 1 heterocycles. The highest BCUT2D eigenvalue weighted by molar-refractivity contribution is 6.60. The van der Waals surface area contributed by atoms with E-state index >= 15 is 0 Å². The molecule has 112 valence electrons. The summed E-state index contributed by atoms with van der Waals surface area (Å²) in [5.74, 6) is -2.03. The first kappa shape index (κ1) is 14.9. The maximum absolute atomic E-state index is 13.6. The Bertz CT molecular complexity index is 733. The topological polar surface area (TPSA) is 46.5 Å². The van der Waals surface area contributed by atoms with Crippen molar-refractivity contribution in [3.05, 3.63) is 64.7 Å². The van der Waals surface area contributed by atoms with Crippen LogP contribution in [0.25, 0.3) is 0 Å². The van der Waals surface area contributed by atoms with Crippen LogP contribution >= 0.6 is 0 Å². The number of fused-ring (bicyclic) bond motifs is 1. The van der Waals surface area contributed by atoms with Gasteiger partial charge in [0.25, 0.3) is 0 Å². The summed E-state index contributed by atoms with van der Waals surface area (Å²) in [6, 6.07) is 8.20. The molecule has 0 radical (unpaired) electrons. The smallest absolute Gasteiger partial charge is 0.423 e. The molecule has 1 aliphatic rings. The fourth-order valence-corrected chi connectivity index (χ4v) is 2.58. The van der Waals surface area contributed by atoms with E-state index in [1.807, 2.05) is 6.07 Å². The van der Waals surface area contributed by atoms with Crippen molar-refractivity contribution in [1.29, 1.82) is 0 Å². The molecule has 3 nitrogen and oxygen atoms in total. The Hall–Kier alpha value is -2.05. The average Bonchev–Trinajstić information content (AvgIpc) is 2.48. The molecule has 0 aliphatic carbocycles. The molecule has 1 N–H and O–H groups in total. The highest BCUT2D eigenvalue weighted by Gasteiger charge is 2.25. The van der Waals surface area contributed by atoms with E-state index in [0.29, 0.717) is 30.1 Å². The SMILES string of the molecule is O=C(Cc1ccc2c(c1)B(O)OCC2)c1ccc(F)cc1F. The standard InChI is InChI=1S/C16H13BF2O3/c18-12-3-4-13(15(19)9-12)16(20)8-10-1-2-11-5-6-22-17(21)14(11)7-10/h1-4,7,9,21H,5-6,8H2. The number of carbonyl (C=O) groups excluding carboxylic acids is 1. The minimum absolute atomic E-state index is 0.0252. The van der Waals surface area contributed by atoms with E-state index in [4.69, 9.17) is 4.65 Å². The first-order chi connectivity index (χ1) is 10.5. The van der Waals surface area contributed by atoms with Gasteiger partial charge in [0, 0.05) is 19.1 Å². The molecule has 0 fully saturated rings. The van der Waals surface area contributed by atoms with Crippen LogP contribution in [0.15, 0.2) is 36.4 Å². The zero-order valence-corrected chi connectivity index (χ0v) is 11.7. The van der Waals surface area contributed by atoms with Crippen molar-refractivity contribution < 1.29 is 23.3 Å². The van der Waals surface area contributed by atoms with Gasteiger partial charge >= 0.3 is 7.12 Å². The third-order valence-corrected chi connectivity index (χ3v) is 3.72. The normalized spacial score (nSPS) is 13.9. The number of halogens is 2. The van der Waals surface area contributed by atoms with Gasteiger partial charge in [0.05, 0.1) is 5.56 Å². The Kier molecular flexibility index (Phi) is 4.05. The van der Waals surface area contributed by atoms with E-state index in [1.54, 1.807) is 12.1 Å². The van der Waals surface area contributed by atoms with Crippen LogP contribution in [-0.2, 0) is 17.5 Å². The number of hydrogen-bond donors (Lipinski definition) is 1. The second-order valence-corrected chi connectivity index (χ2v) is 5.23. The number of benzene rings is 2. The summed E-state index contributed by atoms with van der Waals surface area (Å²) < 4.78 is 31.6. The fraction of sp³-hybridized carbons (Fsp3) is 0.188.